The fourth-order valence-electron chi connectivity index (χ4n) is 3.03. The van der Waals surface area contributed by atoms with Crippen molar-refractivity contribution in [2.75, 3.05) is 27.3 Å². The van der Waals surface area contributed by atoms with Crippen LogP contribution < -0.4 is 9.47 Å². The molecular weight excluding hydrogens is 382 g/mol. The van der Waals surface area contributed by atoms with Crippen LogP contribution >= 0.6 is 11.8 Å². The van der Waals surface area contributed by atoms with Crippen LogP contribution in [0.2, 0.25) is 0 Å². The summed E-state index contributed by atoms with van der Waals surface area (Å²) in [6.45, 7) is 1.53. The molecule has 29 heavy (non-hydrogen) atoms. The topological polar surface area (TPSA) is 41.9 Å². The largest absolute Gasteiger partial charge is 0.496 e. The first-order chi connectivity index (χ1) is 14.2. The van der Waals surface area contributed by atoms with Crippen LogP contribution in [0.4, 0.5) is 0 Å². The molecule has 0 bridgehead atoms. The van der Waals surface area contributed by atoms with E-state index in [-0.39, 0.29) is 6.61 Å². The van der Waals surface area contributed by atoms with Gasteiger partial charge in [-0.2, -0.15) is 0 Å². The molecule has 0 fully saturated rings. The van der Waals surface area contributed by atoms with E-state index in [9.17, 15) is 5.11 Å². The monoisotopic (exact) mass is 409 g/mol. The summed E-state index contributed by atoms with van der Waals surface area (Å²) in [5.74, 6) is 1.64. The molecule has 3 rings (SSSR count). The SMILES string of the molecule is COc1ccccc1Sc1ccccc1CN(C)CC(O)COc1ccccc1. The van der Waals surface area contributed by atoms with Gasteiger partial charge >= 0.3 is 0 Å². The average Bonchev–Trinajstić information content (AvgIpc) is 2.75. The lowest BCUT2D eigenvalue weighted by Gasteiger charge is -2.22. The van der Waals surface area contributed by atoms with Crippen molar-refractivity contribution >= 4 is 11.8 Å². The molecule has 0 heterocycles. The van der Waals surface area contributed by atoms with Crippen LogP contribution in [-0.4, -0.2) is 43.4 Å². The quantitative estimate of drug-likeness (QED) is 0.525. The van der Waals surface area contributed by atoms with Gasteiger partial charge in [0.15, 0.2) is 0 Å². The van der Waals surface area contributed by atoms with E-state index in [1.54, 1.807) is 18.9 Å². The van der Waals surface area contributed by atoms with Gasteiger partial charge in [0.05, 0.1) is 12.0 Å². The second-order valence-electron chi connectivity index (χ2n) is 6.84. The molecule has 152 valence electrons. The maximum atomic E-state index is 10.3. The summed E-state index contributed by atoms with van der Waals surface area (Å²) >= 11 is 1.69. The van der Waals surface area contributed by atoms with E-state index in [1.165, 1.54) is 10.5 Å². The Morgan fingerprint density at radius 2 is 1.55 bits per heavy atom. The molecule has 0 saturated carbocycles. The molecule has 0 amide bonds. The molecule has 0 radical (unpaired) electrons. The van der Waals surface area contributed by atoms with Crippen molar-refractivity contribution in [3.8, 4) is 11.5 Å². The highest BCUT2D eigenvalue weighted by Crippen LogP contribution is 2.36. The molecular formula is C24H27NO3S. The van der Waals surface area contributed by atoms with E-state index < -0.39 is 6.10 Å². The third-order valence-corrected chi connectivity index (χ3v) is 5.59. The summed E-state index contributed by atoms with van der Waals surface area (Å²) in [5.41, 5.74) is 1.21. The Hall–Kier alpha value is -2.47. The van der Waals surface area contributed by atoms with Gasteiger partial charge in [0, 0.05) is 18.0 Å². The summed E-state index contributed by atoms with van der Waals surface area (Å²) in [6, 6.07) is 25.9. The summed E-state index contributed by atoms with van der Waals surface area (Å²) < 4.78 is 11.1. The third-order valence-electron chi connectivity index (χ3n) is 4.41. The lowest BCUT2D eigenvalue weighted by molar-refractivity contribution is 0.0742. The van der Waals surface area contributed by atoms with Crippen LogP contribution in [0.3, 0.4) is 0 Å². The Labute approximate surface area is 177 Å². The number of benzene rings is 3. The lowest BCUT2D eigenvalue weighted by atomic mass is 10.2. The van der Waals surface area contributed by atoms with Crippen molar-refractivity contribution in [2.24, 2.45) is 0 Å². The first-order valence-electron chi connectivity index (χ1n) is 9.59. The van der Waals surface area contributed by atoms with Crippen LogP contribution in [0.5, 0.6) is 11.5 Å². The molecule has 0 aliphatic carbocycles. The zero-order chi connectivity index (χ0) is 20.5. The number of hydrogen-bond donors (Lipinski definition) is 1. The molecule has 4 nitrogen and oxygen atoms in total. The maximum absolute atomic E-state index is 10.3. The molecule has 1 unspecified atom stereocenters. The first kappa shape index (κ1) is 21.2. The Balaban J connectivity index is 1.58. The highest BCUT2D eigenvalue weighted by molar-refractivity contribution is 7.99. The second kappa shape index (κ2) is 10.9. The van der Waals surface area contributed by atoms with Gasteiger partial charge in [-0.25, -0.2) is 0 Å². The second-order valence-corrected chi connectivity index (χ2v) is 7.92. The number of aliphatic hydroxyl groups is 1. The zero-order valence-electron chi connectivity index (χ0n) is 16.8. The van der Waals surface area contributed by atoms with Gasteiger partial charge in [-0.15, -0.1) is 0 Å². The molecule has 3 aromatic rings. The summed E-state index contributed by atoms with van der Waals surface area (Å²) in [6.07, 6.45) is -0.561. The predicted octanol–water partition coefficient (Wildman–Crippen LogP) is 4.72. The zero-order valence-corrected chi connectivity index (χ0v) is 17.6. The van der Waals surface area contributed by atoms with Gasteiger partial charge in [-0.05, 0) is 42.9 Å². The lowest BCUT2D eigenvalue weighted by Crippen LogP contribution is -2.32. The summed E-state index contributed by atoms with van der Waals surface area (Å²) in [4.78, 5) is 4.38. The number of hydrogen-bond acceptors (Lipinski definition) is 5. The molecule has 5 heteroatoms. The smallest absolute Gasteiger partial charge is 0.132 e. The van der Waals surface area contributed by atoms with Crippen molar-refractivity contribution in [1.29, 1.82) is 0 Å². The van der Waals surface area contributed by atoms with Crippen molar-refractivity contribution in [2.45, 2.75) is 22.4 Å². The number of nitrogens with zero attached hydrogens (tertiary/aromatic N) is 1. The number of rotatable bonds is 10. The molecule has 3 aromatic carbocycles. The minimum absolute atomic E-state index is 0.270. The van der Waals surface area contributed by atoms with E-state index in [1.807, 2.05) is 67.7 Å². The number of para-hydroxylation sites is 2. The molecule has 1 atom stereocenters. The van der Waals surface area contributed by atoms with E-state index in [0.29, 0.717) is 6.54 Å². The highest BCUT2D eigenvalue weighted by Gasteiger charge is 2.13. The molecule has 0 aliphatic rings. The van der Waals surface area contributed by atoms with E-state index in [2.05, 4.69) is 23.1 Å². The fourth-order valence-corrected chi connectivity index (χ4v) is 4.08. The van der Waals surface area contributed by atoms with E-state index in [0.717, 1.165) is 22.9 Å². The van der Waals surface area contributed by atoms with Gasteiger partial charge in [-0.1, -0.05) is 60.3 Å². The summed E-state index contributed by atoms with van der Waals surface area (Å²) in [7, 11) is 3.70. The van der Waals surface area contributed by atoms with Gasteiger partial charge in [0.1, 0.15) is 24.2 Å². The van der Waals surface area contributed by atoms with Crippen molar-refractivity contribution in [3.05, 3.63) is 84.4 Å². The normalized spacial score (nSPS) is 12.0. The Morgan fingerprint density at radius 1 is 0.897 bits per heavy atom. The van der Waals surface area contributed by atoms with Gasteiger partial charge in [0.25, 0.3) is 0 Å². The fraction of sp³-hybridized carbons (Fsp3) is 0.250. The minimum Gasteiger partial charge on any atom is -0.496 e. The van der Waals surface area contributed by atoms with Crippen LogP contribution in [0.15, 0.2) is 88.7 Å². The van der Waals surface area contributed by atoms with Gasteiger partial charge in [-0.3, -0.25) is 4.90 Å². The van der Waals surface area contributed by atoms with E-state index >= 15 is 0 Å². The predicted molar refractivity (Wildman–Crippen MR) is 118 cm³/mol. The Bertz CT molecular complexity index is 888. The van der Waals surface area contributed by atoms with E-state index in [4.69, 9.17) is 9.47 Å². The molecule has 0 aromatic heterocycles. The standard InChI is InChI=1S/C24H27NO3S/c1-25(17-20(26)18-28-21-11-4-3-5-12-21)16-19-10-6-8-14-23(19)29-24-15-9-7-13-22(24)27-2/h3-15,20,26H,16-18H2,1-2H3. The molecule has 0 aliphatic heterocycles. The third kappa shape index (κ3) is 6.53. The Morgan fingerprint density at radius 3 is 2.31 bits per heavy atom. The summed E-state index contributed by atoms with van der Waals surface area (Å²) in [5, 5.41) is 10.3. The highest BCUT2D eigenvalue weighted by atomic mass is 32.2. The Kier molecular flexibility index (Phi) is 7.99. The van der Waals surface area contributed by atoms with Gasteiger partial charge < -0.3 is 14.6 Å². The molecule has 1 N–H and O–H groups in total. The average molecular weight is 410 g/mol. The van der Waals surface area contributed by atoms with Crippen molar-refractivity contribution < 1.29 is 14.6 Å². The van der Waals surface area contributed by atoms with Crippen molar-refractivity contribution in [3.63, 3.8) is 0 Å². The van der Waals surface area contributed by atoms with Crippen LogP contribution in [0, 0.1) is 0 Å². The number of ether oxygens (including phenoxy) is 2. The first-order valence-corrected chi connectivity index (χ1v) is 10.4. The number of aliphatic hydroxyl groups excluding tert-OH is 1. The number of methoxy groups -OCH3 is 1. The van der Waals surface area contributed by atoms with Crippen LogP contribution in [0.1, 0.15) is 5.56 Å². The minimum atomic E-state index is -0.561. The van der Waals surface area contributed by atoms with Crippen molar-refractivity contribution in [1.82, 2.24) is 4.90 Å². The molecule has 0 spiro atoms. The molecule has 0 saturated heterocycles. The van der Waals surface area contributed by atoms with Crippen LogP contribution in [0.25, 0.3) is 0 Å². The number of likely N-dealkylation sites (N-methyl/N-ethyl adjacent to an activating group) is 1. The maximum Gasteiger partial charge on any atom is 0.132 e. The van der Waals surface area contributed by atoms with Crippen LogP contribution in [-0.2, 0) is 6.54 Å². The van der Waals surface area contributed by atoms with Gasteiger partial charge in [0.2, 0.25) is 0 Å².